The van der Waals surface area contributed by atoms with Crippen molar-refractivity contribution in [3.05, 3.63) is 23.2 Å². The fourth-order valence-corrected chi connectivity index (χ4v) is 2.01. The third kappa shape index (κ3) is 3.37. The molecule has 1 fully saturated rings. The van der Waals surface area contributed by atoms with Gasteiger partial charge in [0.2, 0.25) is 5.91 Å². The molecular formula is C13H17ClN2O2. The van der Waals surface area contributed by atoms with Gasteiger partial charge in [-0.3, -0.25) is 9.69 Å². The van der Waals surface area contributed by atoms with Crippen LogP contribution < -0.4 is 10.1 Å². The predicted octanol–water partition coefficient (Wildman–Crippen LogP) is 2.38. The number of benzene rings is 1. The first-order chi connectivity index (χ1) is 8.60. The minimum atomic E-state index is -0.0510. The zero-order valence-corrected chi connectivity index (χ0v) is 11.3. The lowest BCUT2D eigenvalue weighted by molar-refractivity contribution is -0.117. The van der Waals surface area contributed by atoms with Crippen LogP contribution in [0.3, 0.4) is 0 Å². The van der Waals surface area contributed by atoms with Crippen molar-refractivity contribution in [1.82, 2.24) is 4.90 Å². The van der Waals surface area contributed by atoms with Crippen LogP contribution in [-0.4, -0.2) is 37.6 Å². The Morgan fingerprint density at radius 1 is 1.56 bits per heavy atom. The summed E-state index contributed by atoms with van der Waals surface area (Å²) in [5.74, 6) is 0.562. The summed E-state index contributed by atoms with van der Waals surface area (Å²) in [6.45, 7) is 0.389. The van der Waals surface area contributed by atoms with E-state index in [0.29, 0.717) is 29.0 Å². The van der Waals surface area contributed by atoms with E-state index in [9.17, 15) is 4.79 Å². The van der Waals surface area contributed by atoms with Gasteiger partial charge in [-0.25, -0.2) is 0 Å². The van der Waals surface area contributed by atoms with Gasteiger partial charge in [-0.05, 0) is 38.1 Å². The van der Waals surface area contributed by atoms with Crippen LogP contribution in [0.2, 0.25) is 5.02 Å². The maximum absolute atomic E-state index is 11.9. The second kappa shape index (κ2) is 5.59. The highest BCUT2D eigenvalue weighted by molar-refractivity contribution is 6.31. The Morgan fingerprint density at radius 2 is 2.28 bits per heavy atom. The largest absolute Gasteiger partial charge is 0.495 e. The van der Waals surface area contributed by atoms with Crippen LogP contribution in [0, 0.1) is 0 Å². The van der Waals surface area contributed by atoms with Crippen LogP contribution in [0.1, 0.15) is 12.8 Å². The van der Waals surface area contributed by atoms with E-state index in [4.69, 9.17) is 16.3 Å². The lowest BCUT2D eigenvalue weighted by atomic mass is 10.3. The van der Waals surface area contributed by atoms with Gasteiger partial charge in [0.25, 0.3) is 0 Å². The molecule has 0 unspecified atom stereocenters. The van der Waals surface area contributed by atoms with Crippen molar-refractivity contribution in [2.24, 2.45) is 0 Å². The van der Waals surface area contributed by atoms with Gasteiger partial charge in [-0.2, -0.15) is 0 Å². The average molecular weight is 269 g/mol. The molecule has 1 aliphatic rings. The van der Waals surface area contributed by atoms with Crippen molar-refractivity contribution >= 4 is 23.2 Å². The Bertz CT molecular complexity index is 447. The number of rotatable bonds is 5. The second-order valence-corrected chi connectivity index (χ2v) is 4.98. The van der Waals surface area contributed by atoms with Gasteiger partial charge >= 0.3 is 0 Å². The predicted molar refractivity (Wildman–Crippen MR) is 72.3 cm³/mol. The Kier molecular flexibility index (Phi) is 4.09. The molecule has 1 N–H and O–H groups in total. The summed E-state index contributed by atoms with van der Waals surface area (Å²) in [4.78, 5) is 13.9. The number of hydrogen-bond acceptors (Lipinski definition) is 3. The van der Waals surface area contributed by atoms with E-state index < -0.39 is 0 Å². The third-order valence-corrected chi connectivity index (χ3v) is 3.23. The van der Waals surface area contributed by atoms with Gasteiger partial charge in [0.15, 0.2) is 0 Å². The molecule has 18 heavy (non-hydrogen) atoms. The summed E-state index contributed by atoms with van der Waals surface area (Å²) in [7, 11) is 3.53. The monoisotopic (exact) mass is 268 g/mol. The molecule has 0 aromatic heterocycles. The number of ether oxygens (including phenoxy) is 1. The molecule has 2 rings (SSSR count). The van der Waals surface area contributed by atoms with Crippen molar-refractivity contribution < 1.29 is 9.53 Å². The lowest BCUT2D eigenvalue weighted by Gasteiger charge is -2.16. The summed E-state index contributed by atoms with van der Waals surface area (Å²) in [5.41, 5.74) is 0.610. The first-order valence-electron chi connectivity index (χ1n) is 5.94. The molecule has 98 valence electrons. The quantitative estimate of drug-likeness (QED) is 0.892. The molecule has 1 aromatic carbocycles. The summed E-state index contributed by atoms with van der Waals surface area (Å²) >= 11 is 5.91. The zero-order valence-electron chi connectivity index (χ0n) is 10.6. The van der Waals surface area contributed by atoms with Crippen LogP contribution in [0.4, 0.5) is 5.69 Å². The summed E-state index contributed by atoms with van der Waals surface area (Å²) < 4.78 is 5.18. The molecule has 1 saturated carbocycles. The van der Waals surface area contributed by atoms with Crippen LogP contribution in [-0.2, 0) is 4.79 Å². The topological polar surface area (TPSA) is 41.6 Å². The van der Waals surface area contributed by atoms with Gasteiger partial charge < -0.3 is 10.1 Å². The number of likely N-dealkylation sites (N-methyl/N-ethyl adjacent to an activating group) is 1. The fraction of sp³-hybridized carbons (Fsp3) is 0.462. The van der Waals surface area contributed by atoms with Crippen molar-refractivity contribution in [3.63, 3.8) is 0 Å². The number of methoxy groups -OCH3 is 1. The molecule has 0 saturated heterocycles. The fourth-order valence-electron chi connectivity index (χ4n) is 1.84. The minimum absolute atomic E-state index is 0.0510. The lowest BCUT2D eigenvalue weighted by Crippen LogP contribution is -2.31. The molecular weight excluding hydrogens is 252 g/mol. The number of hydrogen-bond donors (Lipinski definition) is 1. The highest BCUT2D eigenvalue weighted by Gasteiger charge is 2.27. The summed E-state index contributed by atoms with van der Waals surface area (Å²) in [5, 5.41) is 3.40. The van der Waals surface area contributed by atoms with Gasteiger partial charge in [0.1, 0.15) is 5.75 Å². The third-order valence-electron chi connectivity index (χ3n) is 3.00. The van der Waals surface area contributed by atoms with Crippen LogP contribution in [0.25, 0.3) is 0 Å². The van der Waals surface area contributed by atoms with Crippen molar-refractivity contribution in [3.8, 4) is 5.75 Å². The van der Waals surface area contributed by atoms with E-state index in [1.54, 1.807) is 25.3 Å². The van der Waals surface area contributed by atoms with E-state index >= 15 is 0 Å². The number of nitrogens with one attached hydrogen (secondary N) is 1. The smallest absolute Gasteiger partial charge is 0.238 e. The Morgan fingerprint density at radius 3 is 2.89 bits per heavy atom. The summed E-state index contributed by atoms with van der Waals surface area (Å²) in [6, 6.07) is 5.72. The molecule has 0 bridgehead atoms. The number of nitrogens with zero attached hydrogens (tertiary/aromatic N) is 1. The van der Waals surface area contributed by atoms with E-state index in [1.807, 2.05) is 7.05 Å². The molecule has 0 radical (unpaired) electrons. The maximum atomic E-state index is 11.9. The van der Waals surface area contributed by atoms with E-state index in [0.717, 1.165) is 0 Å². The average Bonchev–Trinajstić information content (AvgIpc) is 3.12. The van der Waals surface area contributed by atoms with Crippen LogP contribution in [0.15, 0.2) is 18.2 Å². The van der Waals surface area contributed by atoms with Crippen molar-refractivity contribution in [2.75, 3.05) is 26.0 Å². The number of halogens is 1. The Hall–Kier alpha value is -1.26. The van der Waals surface area contributed by atoms with Gasteiger partial charge in [0, 0.05) is 11.1 Å². The summed E-state index contributed by atoms with van der Waals surface area (Å²) in [6.07, 6.45) is 2.37. The van der Waals surface area contributed by atoms with E-state index in [-0.39, 0.29) is 5.91 Å². The molecule has 0 heterocycles. The zero-order chi connectivity index (χ0) is 13.1. The first kappa shape index (κ1) is 13.2. The molecule has 5 heteroatoms. The van der Waals surface area contributed by atoms with Crippen molar-refractivity contribution in [1.29, 1.82) is 0 Å². The molecule has 1 aliphatic carbocycles. The number of carbonyl (C=O) groups is 1. The molecule has 4 nitrogen and oxygen atoms in total. The van der Waals surface area contributed by atoms with Gasteiger partial charge in [-0.1, -0.05) is 11.6 Å². The van der Waals surface area contributed by atoms with Crippen LogP contribution in [0.5, 0.6) is 5.75 Å². The van der Waals surface area contributed by atoms with Gasteiger partial charge in [0.05, 0.1) is 19.3 Å². The maximum Gasteiger partial charge on any atom is 0.238 e. The van der Waals surface area contributed by atoms with Gasteiger partial charge in [-0.15, -0.1) is 0 Å². The Balaban J connectivity index is 1.98. The standard InChI is InChI=1S/C13H17ClN2O2/c1-16(10-4-5-10)8-13(17)15-11-7-9(14)3-6-12(11)18-2/h3,6-7,10H,4-5,8H2,1-2H3,(H,15,17). The van der Waals surface area contributed by atoms with Crippen molar-refractivity contribution in [2.45, 2.75) is 18.9 Å². The number of carbonyl (C=O) groups excluding carboxylic acids is 1. The molecule has 0 aliphatic heterocycles. The minimum Gasteiger partial charge on any atom is -0.495 e. The molecule has 1 aromatic rings. The molecule has 0 atom stereocenters. The second-order valence-electron chi connectivity index (χ2n) is 4.54. The first-order valence-corrected chi connectivity index (χ1v) is 6.31. The molecule has 1 amide bonds. The van der Waals surface area contributed by atoms with E-state index in [2.05, 4.69) is 10.2 Å². The van der Waals surface area contributed by atoms with Crippen LogP contribution >= 0.6 is 11.6 Å². The normalized spacial score (nSPS) is 14.7. The van der Waals surface area contributed by atoms with E-state index in [1.165, 1.54) is 12.8 Å². The highest BCUT2D eigenvalue weighted by Crippen LogP contribution is 2.28. The number of amides is 1. The Labute approximate surface area is 112 Å². The number of anilines is 1. The molecule has 0 spiro atoms. The highest BCUT2D eigenvalue weighted by atomic mass is 35.5. The SMILES string of the molecule is COc1ccc(Cl)cc1NC(=O)CN(C)C1CC1.